The second kappa shape index (κ2) is 49.0. The van der Waals surface area contributed by atoms with Crippen molar-refractivity contribution in [3.63, 3.8) is 0 Å². The van der Waals surface area contributed by atoms with E-state index >= 15 is 0 Å². The van der Waals surface area contributed by atoms with Crippen molar-refractivity contribution in [1.29, 1.82) is 0 Å². The topological polar surface area (TPSA) is 95.9 Å². The Labute approximate surface area is 367 Å². The van der Waals surface area contributed by atoms with E-state index in [1.165, 1.54) is 180 Å². The Hall–Kier alpha value is -1.66. The highest BCUT2D eigenvalue weighted by Crippen LogP contribution is 2.16. The van der Waals surface area contributed by atoms with Crippen LogP contribution >= 0.6 is 0 Å². The van der Waals surface area contributed by atoms with Gasteiger partial charge in [0.25, 0.3) is 0 Å². The van der Waals surface area contributed by atoms with Crippen molar-refractivity contribution in [2.75, 3.05) is 13.2 Å². The fraction of sp³-hybridized carbons (Fsp3) is 0.887. The zero-order valence-corrected chi connectivity index (χ0v) is 39.5. The van der Waals surface area contributed by atoms with Crippen LogP contribution in [0.3, 0.4) is 0 Å². The first-order valence-corrected chi connectivity index (χ1v) is 26.1. The van der Waals surface area contributed by atoms with Crippen LogP contribution in [0.5, 0.6) is 0 Å². The van der Waals surface area contributed by atoms with Gasteiger partial charge in [0.05, 0.1) is 25.4 Å². The van der Waals surface area contributed by atoms with Crippen LogP contribution in [0.15, 0.2) is 24.3 Å². The summed E-state index contributed by atoms with van der Waals surface area (Å²) in [4.78, 5) is 24.4. The molecule has 0 heterocycles. The summed E-state index contributed by atoms with van der Waals surface area (Å²) in [5.74, 6) is -0.111. The van der Waals surface area contributed by atoms with E-state index in [1.54, 1.807) is 6.08 Å². The molecule has 0 aliphatic carbocycles. The lowest BCUT2D eigenvalue weighted by Crippen LogP contribution is -2.45. The Balaban J connectivity index is 3.55. The summed E-state index contributed by atoms with van der Waals surface area (Å²) >= 11 is 0. The maximum absolute atomic E-state index is 12.4. The molecule has 0 spiro atoms. The highest BCUT2D eigenvalue weighted by Gasteiger charge is 2.18. The van der Waals surface area contributed by atoms with Gasteiger partial charge in [-0.05, 0) is 57.8 Å². The molecule has 0 saturated carbocycles. The largest absolute Gasteiger partial charge is 0.466 e. The Morgan fingerprint density at radius 1 is 0.458 bits per heavy atom. The van der Waals surface area contributed by atoms with Crippen LogP contribution in [-0.2, 0) is 14.3 Å². The predicted octanol–water partition coefficient (Wildman–Crippen LogP) is 15.5. The third-order valence-electron chi connectivity index (χ3n) is 12.0. The minimum Gasteiger partial charge on any atom is -0.466 e. The number of ether oxygens (including phenoxy) is 1. The van der Waals surface area contributed by atoms with Crippen LogP contribution in [0.4, 0.5) is 0 Å². The molecule has 0 rings (SSSR count). The van der Waals surface area contributed by atoms with E-state index in [-0.39, 0.29) is 18.5 Å². The van der Waals surface area contributed by atoms with Gasteiger partial charge in [-0.2, -0.15) is 0 Å². The van der Waals surface area contributed by atoms with Crippen molar-refractivity contribution in [1.82, 2.24) is 5.32 Å². The van der Waals surface area contributed by atoms with E-state index in [0.717, 1.165) is 70.6 Å². The molecule has 0 aromatic heterocycles. The molecular weight excluding hydrogens is 731 g/mol. The second-order valence-corrected chi connectivity index (χ2v) is 17.9. The molecule has 0 fully saturated rings. The van der Waals surface area contributed by atoms with Gasteiger partial charge >= 0.3 is 5.97 Å². The lowest BCUT2D eigenvalue weighted by Gasteiger charge is -2.19. The molecule has 6 nitrogen and oxygen atoms in total. The molecule has 0 aliphatic heterocycles. The minimum atomic E-state index is -0.861. The number of hydrogen-bond donors (Lipinski definition) is 3. The van der Waals surface area contributed by atoms with Gasteiger partial charge in [0, 0.05) is 12.8 Å². The molecule has 3 N–H and O–H groups in total. The monoisotopic (exact) mass is 832 g/mol. The van der Waals surface area contributed by atoms with Crippen LogP contribution in [0.1, 0.15) is 277 Å². The third-order valence-corrected chi connectivity index (χ3v) is 12.0. The number of allylic oxidation sites excluding steroid dienone is 3. The molecule has 0 saturated heterocycles. The number of aliphatic hydroxyl groups is 2. The first-order chi connectivity index (χ1) is 29.0. The molecule has 348 valence electrons. The maximum atomic E-state index is 12.4. The Morgan fingerprint density at radius 3 is 1.22 bits per heavy atom. The van der Waals surface area contributed by atoms with Crippen LogP contribution < -0.4 is 5.32 Å². The van der Waals surface area contributed by atoms with Crippen molar-refractivity contribution in [2.24, 2.45) is 0 Å². The van der Waals surface area contributed by atoms with E-state index in [2.05, 4.69) is 31.3 Å². The van der Waals surface area contributed by atoms with Crippen LogP contribution in [0.25, 0.3) is 0 Å². The van der Waals surface area contributed by atoms with E-state index < -0.39 is 12.1 Å². The molecule has 2 unspecified atom stereocenters. The first-order valence-electron chi connectivity index (χ1n) is 26.1. The summed E-state index contributed by atoms with van der Waals surface area (Å²) in [6.07, 6.45) is 57.5. The normalized spacial score (nSPS) is 12.8. The zero-order chi connectivity index (χ0) is 43.0. The van der Waals surface area contributed by atoms with Gasteiger partial charge in [0.2, 0.25) is 5.91 Å². The maximum Gasteiger partial charge on any atom is 0.305 e. The molecule has 0 aliphatic rings. The number of esters is 1. The number of hydrogen-bond acceptors (Lipinski definition) is 5. The molecule has 0 radical (unpaired) electrons. The third kappa shape index (κ3) is 45.7. The van der Waals surface area contributed by atoms with E-state index in [0.29, 0.717) is 19.4 Å². The molecule has 59 heavy (non-hydrogen) atoms. The molecule has 0 aromatic rings. The molecule has 2 atom stereocenters. The van der Waals surface area contributed by atoms with E-state index in [1.807, 2.05) is 6.08 Å². The van der Waals surface area contributed by atoms with Crippen molar-refractivity contribution < 1.29 is 24.5 Å². The smallest absolute Gasteiger partial charge is 0.305 e. The number of rotatable bonds is 48. The van der Waals surface area contributed by atoms with Crippen molar-refractivity contribution in [2.45, 2.75) is 289 Å². The van der Waals surface area contributed by atoms with Crippen molar-refractivity contribution in [3.05, 3.63) is 24.3 Å². The lowest BCUT2D eigenvalue weighted by molar-refractivity contribution is -0.143. The summed E-state index contributed by atoms with van der Waals surface area (Å²) in [5.41, 5.74) is 0. The number of carbonyl (C=O) groups excluding carboxylic acids is 2. The average molecular weight is 832 g/mol. The summed E-state index contributed by atoms with van der Waals surface area (Å²) in [6.45, 7) is 4.86. The second-order valence-electron chi connectivity index (χ2n) is 17.9. The first kappa shape index (κ1) is 57.3. The highest BCUT2D eigenvalue weighted by atomic mass is 16.5. The highest BCUT2D eigenvalue weighted by molar-refractivity contribution is 5.76. The van der Waals surface area contributed by atoms with Crippen LogP contribution in [-0.4, -0.2) is 47.4 Å². The molecule has 1 amide bonds. The van der Waals surface area contributed by atoms with Crippen LogP contribution in [0.2, 0.25) is 0 Å². The van der Waals surface area contributed by atoms with Gasteiger partial charge in [0.1, 0.15) is 0 Å². The lowest BCUT2D eigenvalue weighted by atomic mass is 10.0. The van der Waals surface area contributed by atoms with Crippen LogP contribution in [0, 0.1) is 0 Å². The number of carbonyl (C=O) groups is 2. The van der Waals surface area contributed by atoms with Gasteiger partial charge in [-0.3, -0.25) is 9.59 Å². The molecular formula is C53H101NO5. The fourth-order valence-electron chi connectivity index (χ4n) is 7.92. The minimum absolute atomic E-state index is 0.0144. The number of nitrogens with one attached hydrogen (secondary N) is 1. The predicted molar refractivity (Wildman–Crippen MR) is 255 cm³/mol. The van der Waals surface area contributed by atoms with E-state index in [4.69, 9.17) is 4.74 Å². The van der Waals surface area contributed by atoms with Gasteiger partial charge in [0.15, 0.2) is 0 Å². The van der Waals surface area contributed by atoms with Crippen molar-refractivity contribution in [3.8, 4) is 0 Å². The Bertz CT molecular complexity index is 920. The quantitative estimate of drug-likeness (QED) is 0.0322. The Kier molecular flexibility index (Phi) is 47.6. The number of unbranched alkanes of at least 4 members (excludes halogenated alkanes) is 35. The Morgan fingerprint density at radius 2 is 0.797 bits per heavy atom. The van der Waals surface area contributed by atoms with Gasteiger partial charge in [-0.15, -0.1) is 0 Å². The van der Waals surface area contributed by atoms with Gasteiger partial charge in [-0.1, -0.05) is 231 Å². The van der Waals surface area contributed by atoms with Crippen molar-refractivity contribution >= 4 is 11.9 Å². The van der Waals surface area contributed by atoms with E-state index in [9.17, 15) is 19.8 Å². The fourth-order valence-corrected chi connectivity index (χ4v) is 7.92. The van der Waals surface area contributed by atoms with Gasteiger partial charge < -0.3 is 20.3 Å². The molecule has 0 bridgehead atoms. The number of aliphatic hydroxyl groups excluding tert-OH is 2. The average Bonchev–Trinajstić information content (AvgIpc) is 3.24. The zero-order valence-electron chi connectivity index (χ0n) is 39.5. The van der Waals surface area contributed by atoms with Gasteiger partial charge in [-0.25, -0.2) is 0 Å². The molecule has 0 aromatic carbocycles. The molecule has 6 heteroatoms. The summed E-state index contributed by atoms with van der Waals surface area (Å²) in [6, 6.07) is -0.647. The SMILES string of the molecule is CCCCCCCCCCCCCCCCCC/C=C/C(O)C(CO)NC(=O)CCCCC/C=C\CCCCCCCCOC(=O)CCCCCCCCCCCCC. The summed E-state index contributed by atoms with van der Waals surface area (Å²) < 4.78 is 5.44. The standard InChI is InChI=1S/C53H101NO5/c1-3-5-7-9-11-13-15-16-17-18-19-20-22-26-29-33-37-41-45-51(56)50(49-55)54-52(57)46-42-38-34-30-27-23-21-24-28-32-36-40-44-48-59-53(58)47-43-39-35-31-25-14-12-10-8-6-4-2/h23,27,41,45,50-51,55-56H,3-22,24-26,28-40,42-44,46-49H2,1-2H3,(H,54,57)/b27-23-,45-41+. The number of amides is 1. The summed E-state index contributed by atoms with van der Waals surface area (Å²) in [7, 11) is 0. The summed E-state index contributed by atoms with van der Waals surface area (Å²) in [5, 5.41) is 23.1.